The van der Waals surface area contributed by atoms with Gasteiger partial charge >= 0.3 is 0 Å². The zero-order valence-electron chi connectivity index (χ0n) is 15.8. The van der Waals surface area contributed by atoms with Crippen LogP contribution in [0.25, 0.3) is 11.4 Å². The fourth-order valence-electron chi connectivity index (χ4n) is 3.48. The largest absolute Gasteiger partial charge is 0.311 e. The van der Waals surface area contributed by atoms with Gasteiger partial charge in [0.15, 0.2) is 5.82 Å². The first-order chi connectivity index (χ1) is 13.8. The first kappa shape index (κ1) is 20.0. The molecule has 0 unspecified atom stereocenters. The second-order valence-electron chi connectivity index (χ2n) is 7.14. The number of halogens is 2. The lowest BCUT2D eigenvalue weighted by Gasteiger charge is -2.12. The summed E-state index contributed by atoms with van der Waals surface area (Å²) < 4.78 is 45.2. The number of aromatic nitrogens is 3. The highest BCUT2D eigenvalue weighted by Gasteiger charge is 2.21. The number of anilines is 1. The van der Waals surface area contributed by atoms with Gasteiger partial charge in [0.2, 0.25) is 0 Å². The van der Waals surface area contributed by atoms with Crippen molar-refractivity contribution in [2.45, 2.75) is 44.0 Å². The SMILES string of the molecule is Cc1ccc(S(=O)(=O)Nc2ccc(F)c(-c3nnc4n3CCCCC4)c2)c(Br)c1. The normalized spacial score (nSPS) is 14.3. The number of aryl methyl sites for hydroxylation is 2. The number of nitrogens with one attached hydrogen (secondary N) is 1. The first-order valence-corrected chi connectivity index (χ1v) is 11.6. The number of benzene rings is 2. The van der Waals surface area contributed by atoms with E-state index in [0.29, 0.717) is 10.3 Å². The number of rotatable bonds is 4. The zero-order valence-corrected chi connectivity index (χ0v) is 18.2. The summed E-state index contributed by atoms with van der Waals surface area (Å²) in [4.78, 5) is 0.116. The molecule has 9 heteroatoms. The molecule has 1 aliphatic rings. The van der Waals surface area contributed by atoms with Gasteiger partial charge in [-0.2, -0.15) is 0 Å². The van der Waals surface area contributed by atoms with Gasteiger partial charge < -0.3 is 4.57 Å². The van der Waals surface area contributed by atoms with E-state index in [4.69, 9.17) is 0 Å². The van der Waals surface area contributed by atoms with E-state index < -0.39 is 15.8 Å². The van der Waals surface area contributed by atoms with Gasteiger partial charge in [-0.15, -0.1) is 10.2 Å². The Kier molecular flexibility index (Phi) is 5.44. The first-order valence-electron chi connectivity index (χ1n) is 9.36. The molecule has 0 saturated heterocycles. The number of hydrogen-bond acceptors (Lipinski definition) is 4. The molecule has 29 heavy (non-hydrogen) atoms. The van der Waals surface area contributed by atoms with Crippen molar-refractivity contribution >= 4 is 31.6 Å². The van der Waals surface area contributed by atoms with Gasteiger partial charge in [-0.1, -0.05) is 12.5 Å². The summed E-state index contributed by atoms with van der Waals surface area (Å²) in [5.74, 6) is 0.798. The molecule has 0 fully saturated rings. The Morgan fingerprint density at radius 1 is 1.10 bits per heavy atom. The summed E-state index contributed by atoms with van der Waals surface area (Å²) in [6.07, 6.45) is 3.91. The maximum absolute atomic E-state index is 14.6. The second kappa shape index (κ2) is 7.87. The van der Waals surface area contributed by atoms with Crippen LogP contribution < -0.4 is 4.72 Å². The summed E-state index contributed by atoms with van der Waals surface area (Å²) in [5, 5.41) is 8.39. The topological polar surface area (TPSA) is 76.9 Å². The lowest BCUT2D eigenvalue weighted by atomic mass is 10.1. The minimum Gasteiger partial charge on any atom is -0.311 e. The van der Waals surface area contributed by atoms with E-state index in [1.807, 2.05) is 11.5 Å². The fraction of sp³-hybridized carbons (Fsp3) is 0.300. The third-order valence-electron chi connectivity index (χ3n) is 4.95. The van der Waals surface area contributed by atoms with E-state index in [9.17, 15) is 12.8 Å². The molecule has 1 N–H and O–H groups in total. The molecular weight excluding hydrogens is 459 g/mol. The lowest BCUT2D eigenvalue weighted by Crippen LogP contribution is -2.14. The lowest BCUT2D eigenvalue weighted by molar-refractivity contribution is 0.600. The van der Waals surface area contributed by atoms with Crippen molar-refractivity contribution in [2.75, 3.05) is 4.72 Å². The van der Waals surface area contributed by atoms with Crippen LogP contribution in [0.2, 0.25) is 0 Å². The van der Waals surface area contributed by atoms with Gasteiger partial charge in [-0.3, -0.25) is 4.72 Å². The van der Waals surface area contributed by atoms with Crippen LogP contribution in [0.3, 0.4) is 0 Å². The Bertz CT molecular complexity index is 1180. The molecule has 2 aromatic carbocycles. The van der Waals surface area contributed by atoms with Gasteiger partial charge in [-0.25, -0.2) is 12.8 Å². The van der Waals surface area contributed by atoms with Crippen molar-refractivity contribution in [2.24, 2.45) is 0 Å². The van der Waals surface area contributed by atoms with Crippen molar-refractivity contribution in [3.63, 3.8) is 0 Å². The predicted molar refractivity (Wildman–Crippen MR) is 113 cm³/mol. The van der Waals surface area contributed by atoms with E-state index in [-0.39, 0.29) is 16.1 Å². The smallest absolute Gasteiger partial charge is 0.263 e. The van der Waals surface area contributed by atoms with Crippen LogP contribution in [0.1, 0.15) is 30.7 Å². The summed E-state index contributed by atoms with van der Waals surface area (Å²) in [6.45, 7) is 2.60. The third-order valence-corrected chi connectivity index (χ3v) is 7.30. The van der Waals surface area contributed by atoms with Gasteiger partial charge in [0.1, 0.15) is 16.5 Å². The monoisotopic (exact) mass is 478 g/mol. The van der Waals surface area contributed by atoms with Crippen LogP contribution in [0.4, 0.5) is 10.1 Å². The summed E-state index contributed by atoms with van der Waals surface area (Å²) in [7, 11) is -3.84. The molecule has 0 spiro atoms. The Labute approximate surface area is 177 Å². The molecule has 152 valence electrons. The number of fused-ring (bicyclic) bond motifs is 1. The van der Waals surface area contributed by atoms with Gasteiger partial charge in [-0.05, 0) is 71.6 Å². The molecule has 0 atom stereocenters. The molecule has 4 rings (SSSR count). The maximum Gasteiger partial charge on any atom is 0.263 e. The van der Waals surface area contributed by atoms with Crippen LogP contribution >= 0.6 is 15.9 Å². The summed E-state index contributed by atoms with van der Waals surface area (Å²) in [6, 6.07) is 9.10. The highest BCUT2D eigenvalue weighted by atomic mass is 79.9. The van der Waals surface area contributed by atoms with E-state index >= 15 is 0 Å². The highest BCUT2D eigenvalue weighted by Crippen LogP contribution is 2.30. The van der Waals surface area contributed by atoms with Crippen LogP contribution in [0, 0.1) is 12.7 Å². The Hall–Kier alpha value is -2.26. The average molecular weight is 479 g/mol. The molecule has 1 aromatic heterocycles. The molecule has 6 nitrogen and oxygen atoms in total. The summed E-state index contributed by atoms with van der Waals surface area (Å²) >= 11 is 3.30. The van der Waals surface area contributed by atoms with E-state index in [2.05, 4.69) is 30.8 Å². The van der Waals surface area contributed by atoms with Gasteiger partial charge in [0, 0.05) is 23.1 Å². The standard InChI is InChI=1S/C20H20BrFN4O2S/c1-13-6-9-18(16(21)11-13)29(27,28)25-14-7-8-17(22)15(12-14)20-24-23-19-5-3-2-4-10-26(19)20/h6-9,11-12,25H,2-5,10H2,1H3. The minimum absolute atomic E-state index is 0.116. The highest BCUT2D eigenvalue weighted by molar-refractivity contribution is 9.10. The van der Waals surface area contributed by atoms with Crippen molar-refractivity contribution < 1.29 is 12.8 Å². The fourth-order valence-corrected chi connectivity index (χ4v) is 5.72. The maximum atomic E-state index is 14.6. The Morgan fingerprint density at radius 3 is 2.72 bits per heavy atom. The molecule has 2 heterocycles. The molecular formula is C20H20BrFN4O2S. The van der Waals surface area contributed by atoms with Crippen LogP contribution in [-0.2, 0) is 23.0 Å². The van der Waals surface area contributed by atoms with Crippen LogP contribution in [0.5, 0.6) is 0 Å². The number of sulfonamides is 1. The third kappa shape index (κ3) is 4.06. The number of nitrogens with zero attached hydrogens (tertiary/aromatic N) is 3. The van der Waals surface area contributed by atoms with Crippen LogP contribution in [0.15, 0.2) is 45.8 Å². The minimum atomic E-state index is -3.84. The average Bonchev–Trinajstić information content (AvgIpc) is 2.90. The predicted octanol–water partition coefficient (Wildman–Crippen LogP) is 4.68. The Morgan fingerprint density at radius 2 is 1.93 bits per heavy atom. The molecule has 1 aliphatic heterocycles. The molecule has 0 saturated carbocycles. The molecule has 0 aliphatic carbocycles. The van der Waals surface area contributed by atoms with Crippen LogP contribution in [-0.4, -0.2) is 23.2 Å². The van der Waals surface area contributed by atoms with Crippen molar-refractivity contribution in [1.29, 1.82) is 0 Å². The van der Waals surface area contributed by atoms with E-state index in [0.717, 1.165) is 43.6 Å². The molecule has 0 bridgehead atoms. The van der Waals surface area contributed by atoms with Gasteiger partial charge in [0.05, 0.1) is 5.56 Å². The molecule has 0 amide bonds. The van der Waals surface area contributed by atoms with Gasteiger partial charge in [0.25, 0.3) is 10.0 Å². The quantitative estimate of drug-likeness (QED) is 0.590. The molecule has 0 radical (unpaired) electrons. The van der Waals surface area contributed by atoms with E-state index in [1.54, 1.807) is 12.1 Å². The van der Waals surface area contributed by atoms with Crippen molar-refractivity contribution in [1.82, 2.24) is 14.8 Å². The van der Waals surface area contributed by atoms with Crippen molar-refractivity contribution in [3.05, 3.63) is 58.1 Å². The Balaban J connectivity index is 1.70. The summed E-state index contributed by atoms with van der Waals surface area (Å²) in [5.41, 5.74) is 1.43. The van der Waals surface area contributed by atoms with Crippen molar-refractivity contribution in [3.8, 4) is 11.4 Å². The zero-order chi connectivity index (χ0) is 20.6. The number of hydrogen-bond donors (Lipinski definition) is 1. The molecule has 3 aromatic rings. The van der Waals surface area contributed by atoms with E-state index in [1.165, 1.54) is 24.3 Å². The second-order valence-corrected chi connectivity index (χ2v) is 9.64.